The van der Waals surface area contributed by atoms with Crippen molar-refractivity contribution in [2.24, 2.45) is 0 Å². The van der Waals surface area contributed by atoms with Crippen LogP contribution in [-0.4, -0.2) is 69.3 Å². The molecule has 0 aliphatic carbocycles. The van der Waals surface area contributed by atoms with E-state index in [0.29, 0.717) is 25.7 Å². The summed E-state index contributed by atoms with van der Waals surface area (Å²) in [4.78, 5) is 13.8. The van der Waals surface area contributed by atoms with Crippen LogP contribution < -0.4 is 5.32 Å². The van der Waals surface area contributed by atoms with Crippen molar-refractivity contribution in [3.05, 3.63) is 0 Å². The summed E-state index contributed by atoms with van der Waals surface area (Å²) in [6.45, 7) is 3.75. The van der Waals surface area contributed by atoms with E-state index in [1.54, 1.807) is 0 Å². The van der Waals surface area contributed by atoms with E-state index in [-0.39, 0.29) is 18.3 Å². The quantitative estimate of drug-likeness (QED) is 0.754. The fourth-order valence-corrected chi connectivity index (χ4v) is 6.32. The number of ether oxygens (including phenoxy) is 1. The topological polar surface area (TPSA) is 41.6 Å². The van der Waals surface area contributed by atoms with Crippen LogP contribution in [0.4, 0.5) is 0 Å². The van der Waals surface area contributed by atoms with Gasteiger partial charge in [0.25, 0.3) is 0 Å². The first-order valence-corrected chi connectivity index (χ1v) is 10.4. The Morgan fingerprint density at radius 3 is 2.89 bits per heavy atom. The van der Waals surface area contributed by atoms with Gasteiger partial charge in [-0.25, -0.2) is 0 Å². The van der Waals surface area contributed by atoms with E-state index in [0.717, 1.165) is 33.5 Å². The maximum atomic E-state index is 11.9. The van der Waals surface area contributed by atoms with Crippen LogP contribution >= 0.6 is 22.6 Å². The molecule has 0 saturated carbocycles. The molecule has 2 heterocycles. The van der Waals surface area contributed by atoms with E-state index in [1.807, 2.05) is 4.90 Å². The third-order valence-corrected chi connectivity index (χ3v) is 7.36. The second-order valence-electron chi connectivity index (χ2n) is 4.29. The van der Waals surface area contributed by atoms with Gasteiger partial charge < -0.3 is 0 Å². The van der Waals surface area contributed by atoms with Crippen LogP contribution in [0.25, 0.3) is 0 Å². The summed E-state index contributed by atoms with van der Waals surface area (Å²) >= 11 is 0.807. The summed E-state index contributed by atoms with van der Waals surface area (Å²) in [5, 5.41) is 4.87. The summed E-state index contributed by atoms with van der Waals surface area (Å²) in [6.07, 6.45) is 1.92. The van der Waals surface area contributed by atoms with Crippen molar-refractivity contribution < 1.29 is 9.53 Å². The summed E-state index contributed by atoms with van der Waals surface area (Å²) < 4.78 is 5.24. The van der Waals surface area contributed by atoms with Gasteiger partial charge in [0, 0.05) is 0 Å². The average molecular weight is 360 g/mol. The van der Waals surface area contributed by atoms with Crippen molar-refractivity contribution in [2.45, 2.75) is 24.2 Å². The number of amides is 1. The molecule has 0 radical (unpaired) electrons. The van der Waals surface area contributed by atoms with Gasteiger partial charge in [-0.3, -0.25) is 0 Å². The normalized spacial score (nSPS) is 24.4. The number of nitrogens with zero attached hydrogens (tertiary/aromatic N) is 1. The molecule has 2 saturated heterocycles. The Balaban J connectivity index is 0.00000162. The Hall–Kier alpha value is 0.549. The summed E-state index contributed by atoms with van der Waals surface area (Å²) in [5.41, 5.74) is 0. The molecule has 0 bridgehead atoms. The van der Waals surface area contributed by atoms with Crippen molar-refractivity contribution >= 4 is 42.3 Å². The van der Waals surface area contributed by atoms with Gasteiger partial charge in [-0.15, -0.1) is 12.4 Å². The van der Waals surface area contributed by atoms with Crippen LogP contribution in [0, 0.1) is 0 Å². The standard InChI is InChI=1S/C11H20N2O2SSe.ClH/c14-11(13-4-6-15-7-5-13)1-3-12-10-2-8-17-16-9-10;/h10,12H,1-9H2;1H. The molecule has 18 heavy (non-hydrogen) atoms. The first-order chi connectivity index (χ1) is 8.36. The van der Waals surface area contributed by atoms with Gasteiger partial charge in [-0.2, -0.15) is 0 Å². The third kappa shape index (κ3) is 5.68. The Labute approximate surface area is 125 Å². The van der Waals surface area contributed by atoms with Crippen molar-refractivity contribution in [1.82, 2.24) is 10.2 Å². The molecule has 4 nitrogen and oxygen atoms in total. The van der Waals surface area contributed by atoms with E-state index in [9.17, 15) is 4.79 Å². The van der Waals surface area contributed by atoms with Gasteiger partial charge in [-0.1, -0.05) is 0 Å². The molecule has 1 atom stereocenters. The number of nitrogens with one attached hydrogen (secondary N) is 1. The maximum absolute atomic E-state index is 11.9. The monoisotopic (exact) mass is 360 g/mol. The van der Waals surface area contributed by atoms with Crippen molar-refractivity contribution in [3.8, 4) is 0 Å². The molecule has 0 spiro atoms. The molecule has 1 amide bonds. The fraction of sp³-hybridized carbons (Fsp3) is 0.909. The first-order valence-electron chi connectivity index (χ1n) is 6.19. The molecule has 2 aliphatic heterocycles. The van der Waals surface area contributed by atoms with Gasteiger partial charge in [0.05, 0.1) is 0 Å². The number of morpholine rings is 1. The van der Waals surface area contributed by atoms with E-state index >= 15 is 0 Å². The predicted octanol–water partition coefficient (Wildman–Crippen LogP) is 0.790. The SMILES string of the molecule is Cl.O=C(CCNC1CC[Se]SC1)N1CCOCC1. The number of rotatable bonds is 4. The number of carbonyl (C=O) groups is 1. The molecule has 0 aromatic carbocycles. The molecule has 0 aromatic heterocycles. The van der Waals surface area contributed by atoms with E-state index < -0.39 is 0 Å². The Morgan fingerprint density at radius 2 is 2.22 bits per heavy atom. The zero-order valence-electron chi connectivity index (χ0n) is 10.4. The third-order valence-electron chi connectivity index (χ3n) is 3.04. The van der Waals surface area contributed by atoms with E-state index in [1.165, 1.54) is 17.5 Å². The second kappa shape index (κ2) is 9.45. The molecule has 0 aromatic rings. The molecule has 106 valence electrons. The Bertz CT molecular complexity index is 249. The van der Waals surface area contributed by atoms with Crippen LogP contribution in [0.2, 0.25) is 5.32 Å². The number of hydrogen-bond donors (Lipinski definition) is 1. The van der Waals surface area contributed by atoms with Crippen LogP contribution in [0.5, 0.6) is 0 Å². The Kier molecular flexibility index (Phi) is 8.72. The van der Waals surface area contributed by atoms with Crippen LogP contribution in [0.15, 0.2) is 0 Å². The average Bonchev–Trinajstić information content (AvgIpc) is 2.41. The van der Waals surface area contributed by atoms with Gasteiger partial charge in [0.2, 0.25) is 0 Å². The van der Waals surface area contributed by atoms with Crippen LogP contribution in [0.1, 0.15) is 12.8 Å². The Morgan fingerprint density at radius 1 is 1.44 bits per heavy atom. The molecule has 2 rings (SSSR count). The second-order valence-corrected chi connectivity index (χ2v) is 8.92. The van der Waals surface area contributed by atoms with Crippen molar-refractivity contribution in [3.63, 3.8) is 0 Å². The van der Waals surface area contributed by atoms with E-state index in [2.05, 4.69) is 15.5 Å². The molecule has 7 heteroatoms. The fourth-order valence-electron chi connectivity index (χ4n) is 1.98. The van der Waals surface area contributed by atoms with Gasteiger partial charge in [0.1, 0.15) is 0 Å². The van der Waals surface area contributed by atoms with E-state index in [4.69, 9.17) is 4.74 Å². The van der Waals surface area contributed by atoms with Crippen LogP contribution in [0.3, 0.4) is 0 Å². The number of carbonyl (C=O) groups excluding carboxylic acids is 1. The summed E-state index contributed by atoms with van der Waals surface area (Å²) in [7, 11) is 2.08. The van der Waals surface area contributed by atoms with Gasteiger partial charge >= 0.3 is 112 Å². The molecule has 2 aliphatic rings. The molecule has 1 N–H and O–H groups in total. The molecular weight excluding hydrogens is 339 g/mol. The summed E-state index contributed by atoms with van der Waals surface area (Å²) in [6, 6.07) is 0.633. The minimum atomic E-state index is 0. The minimum absolute atomic E-state index is 0. The first kappa shape index (κ1) is 16.6. The van der Waals surface area contributed by atoms with Crippen molar-refractivity contribution in [1.29, 1.82) is 0 Å². The molecule has 2 fully saturated rings. The number of halogens is 1. The van der Waals surface area contributed by atoms with Crippen molar-refractivity contribution in [2.75, 3.05) is 38.6 Å². The molecule has 1 unspecified atom stereocenters. The van der Waals surface area contributed by atoms with Gasteiger partial charge in [-0.05, 0) is 0 Å². The van der Waals surface area contributed by atoms with Crippen LogP contribution in [-0.2, 0) is 9.53 Å². The predicted molar refractivity (Wildman–Crippen MR) is 78.7 cm³/mol. The number of hydrogen-bond acceptors (Lipinski definition) is 4. The molecular formula is C11H21ClN2O2SSe. The zero-order chi connectivity index (χ0) is 11.9. The summed E-state index contributed by atoms with van der Waals surface area (Å²) in [5.74, 6) is 1.50. The zero-order valence-corrected chi connectivity index (χ0v) is 13.8. The van der Waals surface area contributed by atoms with Gasteiger partial charge in [0.15, 0.2) is 0 Å².